The minimum absolute atomic E-state index is 0.233. The SMILES string of the molecule is O=C(NCc1ccccc1Br)c1cnccc1Cl. The first kappa shape index (κ1) is 13.1. The van der Waals surface area contributed by atoms with E-state index >= 15 is 0 Å². The molecule has 1 heterocycles. The van der Waals surface area contributed by atoms with Crippen LogP contribution in [-0.4, -0.2) is 10.9 Å². The van der Waals surface area contributed by atoms with Gasteiger partial charge in [-0.05, 0) is 17.7 Å². The summed E-state index contributed by atoms with van der Waals surface area (Å²) in [5.74, 6) is -0.233. The molecule has 0 aliphatic heterocycles. The molecule has 0 spiro atoms. The van der Waals surface area contributed by atoms with Crippen molar-refractivity contribution in [2.45, 2.75) is 6.54 Å². The second-order valence-corrected chi connectivity index (χ2v) is 4.89. The van der Waals surface area contributed by atoms with Crippen LogP contribution in [0.3, 0.4) is 0 Å². The minimum atomic E-state index is -0.233. The van der Waals surface area contributed by atoms with Gasteiger partial charge in [-0.2, -0.15) is 0 Å². The quantitative estimate of drug-likeness (QED) is 0.939. The second kappa shape index (κ2) is 5.98. The number of rotatable bonds is 3. The van der Waals surface area contributed by atoms with E-state index in [0.29, 0.717) is 17.1 Å². The summed E-state index contributed by atoms with van der Waals surface area (Å²) in [5.41, 5.74) is 1.39. The van der Waals surface area contributed by atoms with Gasteiger partial charge in [0.15, 0.2) is 0 Å². The predicted octanol–water partition coefficient (Wildman–Crippen LogP) is 3.43. The molecule has 0 unspecified atom stereocenters. The fourth-order valence-electron chi connectivity index (χ4n) is 1.46. The molecular weight excluding hydrogens is 316 g/mol. The van der Waals surface area contributed by atoms with E-state index in [1.807, 2.05) is 24.3 Å². The Balaban J connectivity index is 2.06. The van der Waals surface area contributed by atoms with Gasteiger partial charge in [0.25, 0.3) is 5.91 Å². The van der Waals surface area contributed by atoms with E-state index in [4.69, 9.17) is 11.6 Å². The van der Waals surface area contributed by atoms with Gasteiger partial charge in [0.2, 0.25) is 0 Å². The number of halogens is 2. The van der Waals surface area contributed by atoms with E-state index in [1.54, 1.807) is 12.3 Å². The molecule has 1 N–H and O–H groups in total. The highest BCUT2D eigenvalue weighted by molar-refractivity contribution is 9.10. The van der Waals surface area contributed by atoms with E-state index in [9.17, 15) is 4.79 Å². The third kappa shape index (κ3) is 3.09. The van der Waals surface area contributed by atoms with Gasteiger partial charge >= 0.3 is 0 Å². The minimum Gasteiger partial charge on any atom is -0.348 e. The van der Waals surface area contributed by atoms with Gasteiger partial charge in [0, 0.05) is 23.4 Å². The lowest BCUT2D eigenvalue weighted by molar-refractivity contribution is 0.0950. The molecule has 0 bridgehead atoms. The van der Waals surface area contributed by atoms with Crippen LogP contribution in [0.5, 0.6) is 0 Å². The van der Waals surface area contributed by atoms with Crippen LogP contribution in [0, 0.1) is 0 Å². The Kier molecular flexibility index (Phi) is 4.33. The molecule has 18 heavy (non-hydrogen) atoms. The van der Waals surface area contributed by atoms with Crippen LogP contribution in [0.4, 0.5) is 0 Å². The van der Waals surface area contributed by atoms with Gasteiger partial charge in [-0.25, -0.2) is 0 Å². The number of carbonyl (C=O) groups excluding carboxylic acids is 1. The van der Waals surface area contributed by atoms with Crippen LogP contribution in [0.25, 0.3) is 0 Å². The highest BCUT2D eigenvalue weighted by atomic mass is 79.9. The van der Waals surface area contributed by atoms with Crippen molar-refractivity contribution in [1.29, 1.82) is 0 Å². The first-order valence-corrected chi connectivity index (χ1v) is 6.46. The van der Waals surface area contributed by atoms with E-state index in [1.165, 1.54) is 6.20 Å². The zero-order valence-corrected chi connectivity index (χ0v) is 11.7. The maximum Gasteiger partial charge on any atom is 0.254 e. The fourth-order valence-corrected chi connectivity index (χ4v) is 2.07. The number of carbonyl (C=O) groups is 1. The van der Waals surface area contributed by atoms with Crippen molar-refractivity contribution in [1.82, 2.24) is 10.3 Å². The summed E-state index contributed by atoms with van der Waals surface area (Å²) in [6.07, 6.45) is 3.00. The van der Waals surface area contributed by atoms with E-state index in [-0.39, 0.29) is 5.91 Å². The summed E-state index contributed by atoms with van der Waals surface area (Å²) in [7, 11) is 0. The highest BCUT2D eigenvalue weighted by Crippen LogP contribution is 2.16. The largest absolute Gasteiger partial charge is 0.348 e. The summed E-state index contributed by atoms with van der Waals surface area (Å²) in [6, 6.07) is 9.30. The molecule has 3 nitrogen and oxygen atoms in total. The monoisotopic (exact) mass is 324 g/mol. The third-order valence-corrected chi connectivity index (χ3v) is 3.51. The van der Waals surface area contributed by atoms with Crippen LogP contribution < -0.4 is 5.32 Å². The molecule has 1 amide bonds. The Morgan fingerprint density at radius 2 is 2.11 bits per heavy atom. The molecule has 2 rings (SSSR count). The molecule has 0 atom stereocenters. The van der Waals surface area contributed by atoms with Gasteiger partial charge in [-0.15, -0.1) is 0 Å². The number of nitrogens with zero attached hydrogens (tertiary/aromatic N) is 1. The number of amides is 1. The van der Waals surface area contributed by atoms with Crippen LogP contribution >= 0.6 is 27.5 Å². The van der Waals surface area contributed by atoms with Gasteiger partial charge < -0.3 is 5.32 Å². The Morgan fingerprint density at radius 3 is 2.83 bits per heavy atom. The molecule has 0 radical (unpaired) electrons. The molecule has 0 saturated heterocycles. The van der Waals surface area contributed by atoms with Crippen molar-refractivity contribution in [2.24, 2.45) is 0 Å². The van der Waals surface area contributed by atoms with E-state index in [0.717, 1.165) is 10.0 Å². The highest BCUT2D eigenvalue weighted by Gasteiger charge is 2.10. The third-order valence-electron chi connectivity index (χ3n) is 2.41. The van der Waals surface area contributed by atoms with Crippen molar-refractivity contribution in [3.05, 3.63) is 63.3 Å². The Morgan fingerprint density at radius 1 is 1.33 bits per heavy atom. The lowest BCUT2D eigenvalue weighted by Gasteiger charge is -2.07. The Labute approximate surface area is 118 Å². The molecule has 0 saturated carbocycles. The first-order chi connectivity index (χ1) is 8.68. The van der Waals surface area contributed by atoms with Gasteiger partial charge in [0.1, 0.15) is 0 Å². The molecule has 0 fully saturated rings. The van der Waals surface area contributed by atoms with Crippen molar-refractivity contribution in [3.63, 3.8) is 0 Å². The van der Waals surface area contributed by atoms with Crippen LogP contribution in [0.2, 0.25) is 5.02 Å². The lowest BCUT2D eigenvalue weighted by Crippen LogP contribution is -2.23. The van der Waals surface area contributed by atoms with Crippen LogP contribution in [-0.2, 0) is 6.54 Å². The maximum atomic E-state index is 11.9. The number of pyridine rings is 1. The molecule has 0 aliphatic rings. The average molecular weight is 326 g/mol. The molecule has 5 heteroatoms. The number of hydrogen-bond acceptors (Lipinski definition) is 2. The van der Waals surface area contributed by atoms with Crippen molar-refractivity contribution < 1.29 is 4.79 Å². The molecule has 92 valence electrons. The number of aromatic nitrogens is 1. The fraction of sp³-hybridized carbons (Fsp3) is 0.0769. The maximum absolute atomic E-state index is 11.9. The average Bonchev–Trinajstić information content (AvgIpc) is 2.38. The van der Waals surface area contributed by atoms with E-state index < -0.39 is 0 Å². The van der Waals surface area contributed by atoms with E-state index in [2.05, 4.69) is 26.2 Å². The zero-order chi connectivity index (χ0) is 13.0. The zero-order valence-electron chi connectivity index (χ0n) is 9.36. The van der Waals surface area contributed by atoms with Crippen molar-refractivity contribution in [3.8, 4) is 0 Å². The number of benzene rings is 1. The summed E-state index contributed by atoms with van der Waals surface area (Å²) in [5, 5.41) is 3.20. The molecule has 1 aromatic heterocycles. The number of hydrogen-bond donors (Lipinski definition) is 1. The molecule has 1 aromatic carbocycles. The van der Waals surface area contributed by atoms with Gasteiger partial charge in [-0.3, -0.25) is 9.78 Å². The summed E-state index contributed by atoms with van der Waals surface area (Å²) < 4.78 is 0.961. The number of nitrogens with one attached hydrogen (secondary N) is 1. The standard InChI is InChI=1S/C13H10BrClN2O/c14-11-4-2-1-3-9(11)7-17-13(18)10-8-16-6-5-12(10)15/h1-6,8H,7H2,(H,17,18). The second-order valence-electron chi connectivity index (χ2n) is 3.63. The molecule has 2 aromatic rings. The van der Waals surface area contributed by atoms with Crippen LogP contribution in [0.15, 0.2) is 47.2 Å². The smallest absolute Gasteiger partial charge is 0.254 e. The summed E-state index contributed by atoms with van der Waals surface area (Å²) >= 11 is 9.35. The predicted molar refractivity (Wildman–Crippen MR) is 74.6 cm³/mol. The van der Waals surface area contributed by atoms with Crippen molar-refractivity contribution in [2.75, 3.05) is 0 Å². The van der Waals surface area contributed by atoms with Crippen LogP contribution in [0.1, 0.15) is 15.9 Å². The topological polar surface area (TPSA) is 42.0 Å². The molecule has 0 aliphatic carbocycles. The summed E-state index contributed by atoms with van der Waals surface area (Å²) in [6.45, 7) is 0.436. The first-order valence-electron chi connectivity index (χ1n) is 5.29. The van der Waals surface area contributed by atoms with Gasteiger partial charge in [0.05, 0.1) is 10.6 Å². The molecular formula is C13H10BrClN2O. The normalized spacial score (nSPS) is 10.1. The van der Waals surface area contributed by atoms with Crippen molar-refractivity contribution >= 4 is 33.4 Å². The Bertz CT molecular complexity index is 574. The lowest BCUT2D eigenvalue weighted by atomic mass is 10.2. The van der Waals surface area contributed by atoms with Gasteiger partial charge in [-0.1, -0.05) is 45.7 Å². The Hall–Kier alpha value is -1.39. The summed E-state index contributed by atoms with van der Waals surface area (Å²) in [4.78, 5) is 15.8.